The Morgan fingerprint density at radius 3 is 2.42 bits per heavy atom. The topological polar surface area (TPSA) is 63.6 Å². The molecule has 0 aliphatic heterocycles. The molecular formula is C8H12O4. The van der Waals surface area contributed by atoms with E-state index in [1.807, 2.05) is 0 Å². The highest BCUT2D eigenvalue weighted by molar-refractivity contribution is 5.87. The molecule has 0 saturated carbocycles. The van der Waals surface area contributed by atoms with E-state index in [2.05, 4.69) is 11.3 Å². The standard InChI is InChI=1S/C8H12O4/c1-5(2)8(11)12-4-6(3)7(9)10/h6H,1,4H2,2-3H3,(H,9,10). The number of carbonyl (C=O) groups is 2. The molecule has 68 valence electrons. The Labute approximate surface area is 70.8 Å². The molecule has 0 saturated heterocycles. The monoisotopic (exact) mass is 172 g/mol. The van der Waals surface area contributed by atoms with Crippen molar-refractivity contribution in [2.75, 3.05) is 6.61 Å². The van der Waals surface area contributed by atoms with Gasteiger partial charge in [-0.05, 0) is 13.8 Å². The molecule has 0 fully saturated rings. The number of hydrogen-bond acceptors (Lipinski definition) is 3. The van der Waals surface area contributed by atoms with E-state index in [9.17, 15) is 9.59 Å². The summed E-state index contributed by atoms with van der Waals surface area (Å²) in [5.41, 5.74) is 0.271. The van der Waals surface area contributed by atoms with Crippen LogP contribution in [0.5, 0.6) is 0 Å². The molecule has 4 heteroatoms. The highest BCUT2D eigenvalue weighted by Gasteiger charge is 2.13. The zero-order chi connectivity index (χ0) is 9.72. The Morgan fingerprint density at radius 2 is 2.08 bits per heavy atom. The van der Waals surface area contributed by atoms with Gasteiger partial charge in [0.05, 0.1) is 5.92 Å². The first-order valence-corrected chi connectivity index (χ1v) is 3.50. The van der Waals surface area contributed by atoms with Crippen LogP contribution in [0.15, 0.2) is 12.2 Å². The molecule has 0 aliphatic carbocycles. The second kappa shape index (κ2) is 4.54. The van der Waals surface area contributed by atoms with Crippen molar-refractivity contribution in [3.05, 3.63) is 12.2 Å². The first kappa shape index (κ1) is 10.7. The molecule has 0 aromatic heterocycles. The molecule has 0 radical (unpaired) electrons. The Bertz CT molecular complexity index is 207. The molecule has 0 rings (SSSR count). The van der Waals surface area contributed by atoms with Crippen molar-refractivity contribution in [2.45, 2.75) is 13.8 Å². The van der Waals surface area contributed by atoms with Crippen LogP contribution in [0.3, 0.4) is 0 Å². The molecule has 4 nitrogen and oxygen atoms in total. The fourth-order valence-corrected chi connectivity index (χ4v) is 0.395. The summed E-state index contributed by atoms with van der Waals surface area (Å²) in [5, 5.41) is 8.42. The second-order valence-electron chi connectivity index (χ2n) is 2.62. The van der Waals surface area contributed by atoms with Crippen molar-refractivity contribution in [1.29, 1.82) is 0 Å². The SMILES string of the molecule is C=C(C)C(=O)OCC(C)C(=O)O. The van der Waals surface area contributed by atoms with Crippen LogP contribution in [0.4, 0.5) is 0 Å². The molecule has 0 amide bonds. The predicted molar refractivity (Wildman–Crippen MR) is 42.6 cm³/mol. The van der Waals surface area contributed by atoms with Crippen molar-refractivity contribution in [3.8, 4) is 0 Å². The highest BCUT2D eigenvalue weighted by Crippen LogP contribution is 1.99. The molecular weight excluding hydrogens is 160 g/mol. The van der Waals surface area contributed by atoms with Crippen molar-refractivity contribution < 1.29 is 19.4 Å². The van der Waals surface area contributed by atoms with Crippen LogP contribution in [0, 0.1) is 5.92 Å². The number of carboxylic acids is 1. The van der Waals surface area contributed by atoms with E-state index in [0.717, 1.165) is 0 Å². The first-order chi connectivity index (χ1) is 5.45. The molecule has 0 aliphatic rings. The van der Waals surface area contributed by atoms with Crippen molar-refractivity contribution in [3.63, 3.8) is 0 Å². The predicted octanol–water partition coefficient (Wildman–Crippen LogP) is 0.826. The normalized spacial score (nSPS) is 11.8. The Kier molecular flexibility index (Phi) is 4.04. The Hall–Kier alpha value is -1.32. The van der Waals surface area contributed by atoms with Gasteiger partial charge in [0.1, 0.15) is 6.61 Å². The van der Waals surface area contributed by atoms with Gasteiger partial charge in [-0.1, -0.05) is 6.58 Å². The van der Waals surface area contributed by atoms with Crippen LogP contribution in [-0.2, 0) is 14.3 Å². The smallest absolute Gasteiger partial charge is 0.333 e. The molecule has 0 aromatic carbocycles. The van der Waals surface area contributed by atoms with E-state index in [0.29, 0.717) is 0 Å². The molecule has 0 bridgehead atoms. The molecule has 12 heavy (non-hydrogen) atoms. The lowest BCUT2D eigenvalue weighted by atomic mass is 10.2. The summed E-state index contributed by atoms with van der Waals surface area (Å²) in [6.45, 7) is 6.22. The van der Waals surface area contributed by atoms with Gasteiger partial charge in [-0.25, -0.2) is 4.79 Å². The van der Waals surface area contributed by atoms with Crippen LogP contribution in [0.1, 0.15) is 13.8 Å². The fourth-order valence-electron chi connectivity index (χ4n) is 0.395. The van der Waals surface area contributed by atoms with E-state index in [1.54, 1.807) is 0 Å². The van der Waals surface area contributed by atoms with Gasteiger partial charge in [0, 0.05) is 5.57 Å². The maximum Gasteiger partial charge on any atom is 0.333 e. The maximum atomic E-state index is 10.8. The molecule has 1 N–H and O–H groups in total. The number of carboxylic acid groups (broad SMARTS) is 1. The highest BCUT2D eigenvalue weighted by atomic mass is 16.5. The summed E-state index contributed by atoms with van der Waals surface area (Å²) in [4.78, 5) is 21.0. The van der Waals surface area contributed by atoms with Gasteiger partial charge in [-0.15, -0.1) is 0 Å². The molecule has 1 unspecified atom stereocenters. The quantitative estimate of drug-likeness (QED) is 0.503. The van der Waals surface area contributed by atoms with E-state index < -0.39 is 17.9 Å². The zero-order valence-electron chi connectivity index (χ0n) is 7.16. The number of aliphatic carboxylic acids is 1. The largest absolute Gasteiger partial charge is 0.481 e. The minimum Gasteiger partial charge on any atom is -0.481 e. The van der Waals surface area contributed by atoms with Crippen LogP contribution < -0.4 is 0 Å². The average molecular weight is 172 g/mol. The van der Waals surface area contributed by atoms with E-state index in [-0.39, 0.29) is 12.2 Å². The Balaban J connectivity index is 3.76. The third-order valence-corrected chi connectivity index (χ3v) is 1.23. The van der Waals surface area contributed by atoms with Crippen LogP contribution in [-0.4, -0.2) is 23.7 Å². The van der Waals surface area contributed by atoms with Crippen LogP contribution >= 0.6 is 0 Å². The third-order valence-electron chi connectivity index (χ3n) is 1.23. The van der Waals surface area contributed by atoms with Crippen molar-refractivity contribution in [2.24, 2.45) is 5.92 Å². The van der Waals surface area contributed by atoms with Gasteiger partial charge in [-0.2, -0.15) is 0 Å². The Morgan fingerprint density at radius 1 is 1.58 bits per heavy atom. The van der Waals surface area contributed by atoms with Gasteiger partial charge < -0.3 is 9.84 Å². The lowest BCUT2D eigenvalue weighted by Gasteiger charge is -2.06. The molecule has 0 spiro atoms. The minimum absolute atomic E-state index is 0.110. The average Bonchev–Trinajstić information content (AvgIpc) is 1.98. The summed E-state index contributed by atoms with van der Waals surface area (Å²) in [5.74, 6) is -2.21. The van der Waals surface area contributed by atoms with E-state index in [4.69, 9.17) is 5.11 Å². The molecule has 0 heterocycles. The zero-order valence-corrected chi connectivity index (χ0v) is 7.16. The summed E-state index contributed by atoms with van der Waals surface area (Å²) in [7, 11) is 0. The lowest BCUT2D eigenvalue weighted by molar-refractivity contribution is -0.147. The van der Waals surface area contributed by atoms with Crippen molar-refractivity contribution in [1.82, 2.24) is 0 Å². The number of esters is 1. The van der Waals surface area contributed by atoms with Gasteiger partial charge in [0.15, 0.2) is 0 Å². The number of ether oxygens (including phenoxy) is 1. The lowest BCUT2D eigenvalue weighted by Crippen LogP contribution is -2.19. The third kappa shape index (κ3) is 3.75. The summed E-state index contributed by atoms with van der Waals surface area (Å²) in [6, 6.07) is 0. The summed E-state index contributed by atoms with van der Waals surface area (Å²) < 4.78 is 4.61. The van der Waals surface area contributed by atoms with Crippen molar-refractivity contribution >= 4 is 11.9 Å². The fraction of sp³-hybridized carbons (Fsp3) is 0.500. The number of carbonyl (C=O) groups excluding carboxylic acids is 1. The van der Waals surface area contributed by atoms with Gasteiger partial charge in [-0.3, -0.25) is 4.79 Å². The van der Waals surface area contributed by atoms with Gasteiger partial charge in [0.25, 0.3) is 0 Å². The second-order valence-corrected chi connectivity index (χ2v) is 2.62. The van der Waals surface area contributed by atoms with Gasteiger partial charge in [0.2, 0.25) is 0 Å². The van der Waals surface area contributed by atoms with E-state index >= 15 is 0 Å². The minimum atomic E-state index is -0.982. The van der Waals surface area contributed by atoms with Crippen LogP contribution in [0.2, 0.25) is 0 Å². The molecule has 0 aromatic rings. The van der Waals surface area contributed by atoms with Gasteiger partial charge >= 0.3 is 11.9 Å². The number of hydrogen-bond donors (Lipinski definition) is 1. The molecule has 1 atom stereocenters. The van der Waals surface area contributed by atoms with E-state index in [1.165, 1.54) is 13.8 Å². The summed E-state index contributed by atoms with van der Waals surface area (Å²) >= 11 is 0. The van der Waals surface area contributed by atoms with Crippen LogP contribution in [0.25, 0.3) is 0 Å². The summed E-state index contributed by atoms with van der Waals surface area (Å²) in [6.07, 6.45) is 0. The number of rotatable bonds is 4. The first-order valence-electron chi connectivity index (χ1n) is 3.50. The maximum absolute atomic E-state index is 10.8.